The molecule has 1 aliphatic heterocycles. The molecule has 2 aromatic heterocycles. The third kappa shape index (κ3) is 4.49. The average molecular weight is 388 g/mol. The Morgan fingerprint density at radius 2 is 1.90 bits per heavy atom. The Balaban J connectivity index is 1.33. The summed E-state index contributed by atoms with van der Waals surface area (Å²) in [4.78, 5) is 30.3. The maximum absolute atomic E-state index is 12.5. The van der Waals surface area contributed by atoms with Gasteiger partial charge in [0.1, 0.15) is 0 Å². The Kier molecular flexibility index (Phi) is 5.33. The number of carbonyl (C=O) groups excluding carboxylic acids is 2. The lowest BCUT2D eigenvalue weighted by Crippen LogP contribution is -2.36. The molecule has 0 saturated carbocycles. The quantitative estimate of drug-likeness (QED) is 0.585. The molecule has 8 nitrogen and oxygen atoms in total. The van der Waals surface area contributed by atoms with Crippen molar-refractivity contribution in [3.8, 4) is 0 Å². The maximum atomic E-state index is 12.5. The van der Waals surface area contributed by atoms with E-state index in [0.717, 1.165) is 22.4 Å². The fourth-order valence-electron chi connectivity index (χ4n) is 3.08. The second-order valence-electron chi connectivity index (χ2n) is 6.63. The van der Waals surface area contributed by atoms with Gasteiger partial charge in [0.05, 0.1) is 18.8 Å². The van der Waals surface area contributed by atoms with Gasteiger partial charge in [0.25, 0.3) is 0 Å². The molecule has 3 N–H and O–H groups in total. The topological polar surface area (TPSA) is 103 Å². The van der Waals surface area contributed by atoms with E-state index in [1.54, 1.807) is 23.4 Å². The third-order valence-corrected chi connectivity index (χ3v) is 4.60. The smallest absolute Gasteiger partial charge is 0.318 e. The molecule has 3 heterocycles. The minimum Gasteiger partial charge on any atom is -0.334 e. The van der Waals surface area contributed by atoms with E-state index >= 15 is 0 Å². The van der Waals surface area contributed by atoms with E-state index < -0.39 is 0 Å². The van der Waals surface area contributed by atoms with Gasteiger partial charge < -0.3 is 15.5 Å². The van der Waals surface area contributed by atoms with Crippen molar-refractivity contribution in [2.24, 2.45) is 0 Å². The zero-order chi connectivity index (χ0) is 20.1. The Hall–Kier alpha value is -3.94. The zero-order valence-electron chi connectivity index (χ0n) is 15.6. The first-order valence-corrected chi connectivity index (χ1v) is 9.21. The van der Waals surface area contributed by atoms with E-state index in [1.165, 1.54) is 6.08 Å². The molecular weight excluding hydrogens is 368 g/mol. The summed E-state index contributed by atoms with van der Waals surface area (Å²) in [5.41, 5.74) is 3.57. The molecule has 0 radical (unpaired) electrons. The van der Waals surface area contributed by atoms with Crippen molar-refractivity contribution in [3.63, 3.8) is 0 Å². The van der Waals surface area contributed by atoms with Crippen LogP contribution in [0.25, 0.3) is 6.08 Å². The minimum atomic E-state index is -0.289. The van der Waals surface area contributed by atoms with E-state index in [4.69, 9.17) is 0 Å². The summed E-state index contributed by atoms with van der Waals surface area (Å²) < 4.78 is 0. The number of hydrogen-bond acceptors (Lipinski definition) is 4. The second kappa shape index (κ2) is 8.39. The highest BCUT2D eigenvalue weighted by Crippen LogP contribution is 2.27. The number of aromatic amines is 1. The standard InChI is InChI=1S/C21H20N6O2/c28-19(7-6-15-8-10-22-11-9-15)24-20-17-13-27(14-18(17)25-26-20)21(29)23-12-16-4-2-1-3-5-16/h1-11H,12-14H2,(H,23,29)(H2,24,25,26,28). The van der Waals surface area contributed by atoms with Crippen molar-refractivity contribution in [2.75, 3.05) is 5.32 Å². The molecule has 3 aromatic rings. The largest absolute Gasteiger partial charge is 0.334 e. The van der Waals surface area contributed by atoms with E-state index in [2.05, 4.69) is 25.8 Å². The number of nitrogens with zero attached hydrogens (tertiary/aromatic N) is 3. The van der Waals surface area contributed by atoms with Crippen molar-refractivity contribution in [1.29, 1.82) is 0 Å². The number of H-pyrrole nitrogens is 1. The van der Waals surface area contributed by atoms with Gasteiger partial charge >= 0.3 is 6.03 Å². The van der Waals surface area contributed by atoms with E-state index in [0.29, 0.717) is 25.5 Å². The molecule has 1 aromatic carbocycles. The minimum absolute atomic E-state index is 0.159. The molecule has 0 atom stereocenters. The molecule has 0 spiro atoms. The molecule has 0 saturated heterocycles. The van der Waals surface area contributed by atoms with Crippen molar-refractivity contribution in [3.05, 3.63) is 83.3 Å². The Bertz CT molecular complexity index is 1030. The number of urea groups is 1. The van der Waals surface area contributed by atoms with Crippen LogP contribution < -0.4 is 10.6 Å². The molecule has 4 rings (SSSR count). The van der Waals surface area contributed by atoms with E-state index in [1.807, 2.05) is 42.5 Å². The maximum Gasteiger partial charge on any atom is 0.318 e. The highest BCUT2D eigenvalue weighted by molar-refractivity contribution is 6.01. The molecule has 3 amide bonds. The Morgan fingerprint density at radius 3 is 2.69 bits per heavy atom. The number of aromatic nitrogens is 3. The number of amides is 3. The monoisotopic (exact) mass is 388 g/mol. The van der Waals surface area contributed by atoms with Crippen LogP contribution in [0.2, 0.25) is 0 Å². The lowest BCUT2D eigenvalue weighted by molar-refractivity contribution is -0.111. The first-order chi connectivity index (χ1) is 14.2. The van der Waals surface area contributed by atoms with Crippen LogP contribution in [0, 0.1) is 0 Å². The number of nitrogens with one attached hydrogen (secondary N) is 3. The number of carbonyl (C=O) groups is 2. The van der Waals surface area contributed by atoms with Gasteiger partial charge in [-0.05, 0) is 29.3 Å². The average Bonchev–Trinajstić information content (AvgIpc) is 3.34. The predicted molar refractivity (Wildman–Crippen MR) is 108 cm³/mol. The number of hydrogen-bond donors (Lipinski definition) is 3. The van der Waals surface area contributed by atoms with Crippen LogP contribution in [0.4, 0.5) is 10.6 Å². The molecule has 0 bridgehead atoms. The highest BCUT2D eigenvalue weighted by atomic mass is 16.2. The van der Waals surface area contributed by atoms with Gasteiger partial charge in [-0.15, -0.1) is 0 Å². The summed E-state index contributed by atoms with van der Waals surface area (Å²) in [7, 11) is 0. The van der Waals surface area contributed by atoms with E-state index in [9.17, 15) is 9.59 Å². The van der Waals surface area contributed by atoms with Gasteiger partial charge in [0.2, 0.25) is 5.91 Å². The number of benzene rings is 1. The number of fused-ring (bicyclic) bond motifs is 1. The summed E-state index contributed by atoms with van der Waals surface area (Å²) in [6.45, 7) is 1.27. The first-order valence-electron chi connectivity index (χ1n) is 9.21. The fraction of sp³-hybridized carbons (Fsp3) is 0.143. The van der Waals surface area contributed by atoms with Gasteiger partial charge in [0, 0.05) is 30.6 Å². The molecule has 0 aliphatic carbocycles. The zero-order valence-corrected chi connectivity index (χ0v) is 15.6. The lowest BCUT2D eigenvalue weighted by atomic mass is 10.2. The van der Waals surface area contributed by atoms with Crippen LogP contribution in [-0.2, 0) is 24.4 Å². The molecule has 8 heteroatoms. The highest BCUT2D eigenvalue weighted by Gasteiger charge is 2.28. The van der Waals surface area contributed by atoms with Gasteiger partial charge in [-0.1, -0.05) is 30.3 Å². The lowest BCUT2D eigenvalue weighted by Gasteiger charge is -2.16. The van der Waals surface area contributed by atoms with E-state index in [-0.39, 0.29) is 11.9 Å². The fourth-order valence-corrected chi connectivity index (χ4v) is 3.08. The van der Waals surface area contributed by atoms with Gasteiger partial charge in [0.15, 0.2) is 5.82 Å². The van der Waals surface area contributed by atoms with Crippen LogP contribution in [0.5, 0.6) is 0 Å². The molecule has 0 fully saturated rings. The van der Waals surface area contributed by atoms with Crippen molar-refractivity contribution >= 4 is 23.8 Å². The van der Waals surface area contributed by atoms with Gasteiger partial charge in [-0.2, -0.15) is 5.10 Å². The number of pyridine rings is 1. The summed E-state index contributed by atoms with van der Waals surface area (Å²) in [6, 6.07) is 13.2. The van der Waals surface area contributed by atoms with Crippen molar-refractivity contribution in [1.82, 2.24) is 25.4 Å². The second-order valence-corrected chi connectivity index (χ2v) is 6.63. The normalized spacial score (nSPS) is 12.8. The molecular formula is C21H20N6O2. The summed E-state index contributed by atoms with van der Waals surface area (Å²) in [5.74, 6) is 0.158. The molecule has 0 unspecified atom stereocenters. The van der Waals surface area contributed by atoms with Crippen LogP contribution in [-0.4, -0.2) is 32.0 Å². The molecule has 1 aliphatic rings. The SMILES string of the molecule is O=C(C=Cc1ccncc1)Nc1n[nH]c2c1CN(C(=O)NCc1ccccc1)C2. The molecule has 29 heavy (non-hydrogen) atoms. The molecule has 146 valence electrons. The van der Waals surface area contributed by atoms with Crippen LogP contribution in [0.1, 0.15) is 22.4 Å². The Labute approximate surface area is 167 Å². The van der Waals surface area contributed by atoms with Gasteiger partial charge in [-0.3, -0.25) is 14.9 Å². The van der Waals surface area contributed by atoms with Crippen molar-refractivity contribution in [2.45, 2.75) is 19.6 Å². The first kappa shape index (κ1) is 18.4. The Morgan fingerprint density at radius 1 is 1.10 bits per heavy atom. The number of anilines is 1. The summed E-state index contributed by atoms with van der Waals surface area (Å²) >= 11 is 0. The predicted octanol–water partition coefficient (Wildman–Crippen LogP) is 2.68. The van der Waals surface area contributed by atoms with Crippen molar-refractivity contribution < 1.29 is 9.59 Å². The summed E-state index contributed by atoms with van der Waals surface area (Å²) in [6.07, 6.45) is 6.47. The number of rotatable bonds is 5. The van der Waals surface area contributed by atoms with Gasteiger partial charge in [-0.25, -0.2) is 4.79 Å². The van der Waals surface area contributed by atoms with Crippen LogP contribution >= 0.6 is 0 Å². The third-order valence-electron chi connectivity index (χ3n) is 4.60. The van der Waals surface area contributed by atoms with Crippen LogP contribution in [0.3, 0.4) is 0 Å². The summed E-state index contributed by atoms with van der Waals surface area (Å²) in [5, 5.41) is 12.7. The van der Waals surface area contributed by atoms with Crippen LogP contribution in [0.15, 0.2) is 60.9 Å².